The average Bonchev–Trinajstić information content (AvgIpc) is 3.39. The highest BCUT2D eigenvalue weighted by Gasteiger charge is 2.13. The van der Waals surface area contributed by atoms with Gasteiger partial charge in [-0.1, -0.05) is 18.2 Å². The Morgan fingerprint density at radius 2 is 1.73 bits per heavy atom. The lowest BCUT2D eigenvalue weighted by molar-refractivity contribution is -0.120. The molecule has 8 heteroatoms. The Morgan fingerprint density at radius 3 is 2.55 bits per heavy atom. The van der Waals surface area contributed by atoms with Crippen LogP contribution in [-0.4, -0.2) is 55.1 Å². The number of ether oxygens (including phenoxy) is 1. The maximum Gasteiger partial charge on any atom is 0.253 e. The van der Waals surface area contributed by atoms with Gasteiger partial charge < -0.3 is 30.7 Å². The number of carbonyl (C=O) groups is 2. The molecule has 0 unspecified atom stereocenters. The summed E-state index contributed by atoms with van der Waals surface area (Å²) in [5.41, 5.74) is 4.54. The molecule has 2 aromatic heterocycles. The molecule has 2 aromatic carbocycles. The average molecular weight is 448 g/mol. The Hall–Kier alpha value is -3.78. The number of benzene rings is 2. The van der Waals surface area contributed by atoms with E-state index in [1.807, 2.05) is 49.4 Å². The lowest BCUT2D eigenvalue weighted by atomic mass is 10.1. The number of aryl methyl sites for hydroxylation is 1. The molecule has 0 spiro atoms. The van der Waals surface area contributed by atoms with Crippen molar-refractivity contribution in [2.75, 3.05) is 33.3 Å². The first-order chi connectivity index (χ1) is 16.1. The number of nitrogens with one attached hydrogen (secondary N) is 5. The van der Waals surface area contributed by atoms with Gasteiger partial charge in [0.25, 0.3) is 5.91 Å². The first-order valence-corrected chi connectivity index (χ1v) is 11.0. The third-order valence-corrected chi connectivity index (χ3v) is 5.71. The maximum absolute atomic E-state index is 12.4. The summed E-state index contributed by atoms with van der Waals surface area (Å²) in [7, 11) is 1.63. The Morgan fingerprint density at radius 1 is 0.939 bits per heavy atom. The Balaban J connectivity index is 1.16. The van der Waals surface area contributed by atoms with E-state index < -0.39 is 0 Å². The number of carbonyl (C=O) groups excluding carboxylic acids is 2. The van der Waals surface area contributed by atoms with Gasteiger partial charge in [0.1, 0.15) is 5.75 Å². The second-order valence-electron chi connectivity index (χ2n) is 7.92. The summed E-state index contributed by atoms with van der Waals surface area (Å²) in [6.45, 7) is 4.23. The molecule has 2 amide bonds. The molecular formula is C25H29N5O3. The van der Waals surface area contributed by atoms with Crippen LogP contribution in [0.1, 0.15) is 21.6 Å². The third-order valence-electron chi connectivity index (χ3n) is 5.71. The molecule has 4 rings (SSSR count). The van der Waals surface area contributed by atoms with Gasteiger partial charge in [0.2, 0.25) is 5.91 Å². The minimum atomic E-state index is -0.103. The van der Waals surface area contributed by atoms with Crippen molar-refractivity contribution in [3.63, 3.8) is 0 Å². The first kappa shape index (κ1) is 22.4. The van der Waals surface area contributed by atoms with Crippen LogP contribution in [-0.2, 0) is 11.2 Å². The zero-order valence-electron chi connectivity index (χ0n) is 18.9. The van der Waals surface area contributed by atoms with E-state index in [9.17, 15) is 9.59 Å². The van der Waals surface area contributed by atoms with Crippen molar-refractivity contribution in [2.45, 2.75) is 13.3 Å². The first-order valence-electron chi connectivity index (χ1n) is 11.0. The molecule has 0 saturated heterocycles. The molecule has 0 aliphatic heterocycles. The largest absolute Gasteiger partial charge is 0.497 e. The lowest BCUT2D eigenvalue weighted by Gasteiger charge is -2.08. The minimum Gasteiger partial charge on any atom is -0.497 e. The van der Waals surface area contributed by atoms with Gasteiger partial charge in [0.15, 0.2) is 0 Å². The molecule has 8 nitrogen and oxygen atoms in total. The van der Waals surface area contributed by atoms with E-state index in [-0.39, 0.29) is 11.8 Å². The highest BCUT2D eigenvalue weighted by molar-refractivity contribution is 6.06. The van der Waals surface area contributed by atoms with Crippen molar-refractivity contribution in [3.05, 3.63) is 65.5 Å². The number of fused-ring (bicyclic) bond motifs is 2. The van der Waals surface area contributed by atoms with Gasteiger partial charge in [-0.15, -0.1) is 0 Å². The van der Waals surface area contributed by atoms with Crippen LogP contribution in [0.4, 0.5) is 0 Å². The lowest BCUT2D eigenvalue weighted by Crippen LogP contribution is -2.36. The normalized spacial score (nSPS) is 11.1. The van der Waals surface area contributed by atoms with E-state index in [1.54, 1.807) is 13.3 Å². The Labute approximate surface area is 192 Å². The summed E-state index contributed by atoms with van der Waals surface area (Å²) in [6, 6.07) is 13.5. The van der Waals surface area contributed by atoms with Crippen LogP contribution in [0.3, 0.4) is 0 Å². The van der Waals surface area contributed by atoms with Crippen LogP contribution >= 0.6 is 0 Å². The minimum absolute atomic E-state index is 0.0312. The number of rotatable bonds is 10. The molecule has 0 bridgehead atoms. The van der Waals surface area contributed by atoms with E-state index in [2.05, 4.69) is 25.9 Å². The van der Waals surface area contributed by atoms with E-state index in [4.69, 9.17) is 4.74 Å². The number of hydrogen-bond donors (Lipinski definition) is 5. The van der Waals surface area contributed by atoms with Crippen LogP contribution in [0.5, 0.6) is 5.75 Å². The number of para-hydroxylation sites is 1. The molecule has 4 aromatic rings. The summed E-state index contributed by atoms with van der Waals surface area (Å²) < 4.78 is 5.31. The second kappa shape index (κ2) is 10.2. The summed E-state index contributed by atoms with van der Waals surface area (Å²) in [4.78, 5) is 31.2. The third kappa shape index (κ3) is 5.18. The fourth-order valence-corrected chi connectivity index (χ4v) is 3.97. The Kier molecular flexibility index (Phi) is 6.95. The second-order valence-corrected chi connectivity index (χ2v) is 7.92. The zero-order chi connectivity index (χ0) is 23.2. The summed E-state index contributed by atoms with van der Waals surface area (Å²) >= 11 is 0. The highest BCUT2D eigenvalue weighted by Crippen LogP contribution is 2.26. The van der Waals surface area contributed by atoms with Gasteiger partial charge in [-0.05, 0) is 36.8 Å². The molecule has 0 atom stereocenters. The summed E-state index contributed by atoms with van der Waals surface area (Å²) in [6.07, 6.45) is 2.04. The number of aromatic amines is 2. The fraction of sp³-hybridized carbons (Fsp3) is 0.280. The molecule has 172 valence electrons. The van der Waals surface area contributed by atoms with Crippen molar-refractivity contribution in [1.29, 1.82) is 0 Å². The molecule has 0 saturated carbocycles. The highest BCUT2D eigenvalue weighted by atomic mass is 16.5. The number of methoxy groups -OCH3 is 1. The quantitative estimate of drug-likeness (QED) is 0.241. The van der Waals surface area contributed by atoms with Gasteiger partial charge >= 0.3 is 0 Å². The predicted octanol–water partition coefficient (Wildman–Crippen LogP) is 2.64. The number of aromatic nitrogens is 2. The van der Waals surface area contributed by atoms with E-state index >= 15 is 0 Å². The van der Waals surface area contributed by atoms with Crippen molar-refractivity contribution in [3.8, 4) is 5.75 Å². The molecule has 33 heavy (non-hydrogen) atoms. The van der Waals surface area contributed by atoms with E-state index in [0.717, 1.165) is 38.8 Å². The molecule has 0 fully saturated rings. The molecule has 2 heterocycles. The van der Waals surface area contributed by atoms with Crippen LogP contribution in [0.15, 0.2) is 48.7 Å². The molecule has 0 radical (unpaired) electrons. The standard InChI is InChI=1S/C25H29N5O3/c1-16-19(20-13-17(33-2)7-8-23(20)30-16)14-24(31)27-11-9-26-10-12-28-25(32)21-15-29-22-6-4-3-5-18(21)22/h3-8,13,15,26,29-30H,9-12,14H2,1-2H3,(H,27,31)(H,28,32). The summed E-state index contributed by atoms with van der Waals surface area (Å²) in [5.74, 6) is 0.633. The van der Waals surface area contributed by atoms with Crippen molar-refractivity contribution >= 4 is 33.6 Å². The zero-order valence-corrected chi connectivity index (χ0v) is 18.9. The van der Waals surface area contributed by atoms with Crippen LogP contribution in [0, 0.1) is 6.92 Å². The topological polar surface area (TPSA) is 111 Å². The smallest absolute Gasteiger partial charge is 0.253 e. The predicted molar refractivity (Wildman–Crippen MR) is 130 cm³/mol. The Bertz CT molecular complexity index is 1270. The van der Waals surface area contributed by atoms with Crippen LogP contribution in [0.2, 0.25) is 0 Å². The van der Waals surface area contributed by atoms with Gasteiger partial charge in [0.05, 0.1) is 19.1 Å². The van der Waals surface area contributed by atoms with Crippen LogP contribution < -0.4 is 20.7 Å². The van der Waals surface area contributed by atoms with Gasteiger partial charge in [0, 0.05) is 59.9 Å². The number of H-pyrrole nitrogens is 2. The summed E-state index contributed by atoms with van der Waals surface area (Å²) in [5, 5.41) is 11.0. The number of amides is 2. The van der Waals surface area contributed by atoms with Crippen LogP contribution in [0.25, 0.3) is 21.8 Å². The monoisotopic (exact) mass is 447 g/mol. The van der Waals surface area contributed by atoms with Crippen molar-refractivity contribution in [1.82, 2.24) is 25.9 Å². The molecular weight excluding hydrogens is 418 g/mol. The van der Waals surface area contributed by atoms with Crippen molar-refractivity contribution < 1.29 is 14.3 Å². The van der Waals surface area contributed by atoms with Gasteiger partial charge in [-0.2, -0.15) is 0 Å². The maximum atomic E-state index is 12.4. The molecule has 0 aliphatic rings. The van der Waals surface area contributed by atoms with E-state index in [0.29, 0.717) is 38.2 Å². The fourth-order valence-electron chi connectivity index (χ4n) is 3.97. The number of hydrogen-bond acceptors (Lipinski definition) is 4. The molecule has 5 N–H and O–H groups in total. The van der Waals surface area contributed by atoms with E-state index in [1.165, 1.54) is 0 Å². The molecule has 0 aliphatic carbocycles. The van der Waals surface area contributed by atoms with Gasteiger partial charge in [-0.25, -0.2) is 0 Å². The van der Waals surface area contributed by atoms with Gasteiger partial charge in [-0.3, -0.25) is 9.59 Å². The van der Waals surface area contributed by atoms with Crippen molar-refractivity contribution in [2.24, 2.45) is 0 Å². The SMILES string of the molecule is COc1ccc2[nH]c(C)c(CC(=O)NCCNCCNC(=O)c3c[nH]c4ccccc34)c2c1.